The third-order valence-electron chi connectivity index (χ3n) is 1.50. The lowest BCUT2D eigenvalue weighted by molar-refractivity contribution is -0.136. The van der Waals surface area contributed by atoms with Gasteiger partial charge in [-0.05, 0) is 25.5 Å². The Balaban J connectivity index is 4.43. The molecule has 0 aliphatic heterocycles. The molecule has 0 rings (SSSR count). The summed E-state index contributed by atoms with van der Waals surface area (Å²) in [5.41, 5.74) is 1.32. The second-order valence-corrected chi connectivity index (χ2v) is 2.94. The van der Waals surface area contributed by atoms with Crippen LogP contribution in [-0.2, 0) is 9.59 Å². The van der Waals surface area contributed by atoms with Crippen LogP contribution in [0.25, 0.3) is 0 Å². The lowest BCUT2D eigenvalue weighted by atomic mass is 10.1. The highest BCUT2D eigenvalue weighted by atomic mass is 16.4. The zero-order valence-corrected chi connectivity index (χ0v) is 8.63. The number of amides is 1. The Labute approximate surface area is 83.3 Å². The molecule has 0 heterocycles. The summed E-state index contributed by atoms with van der Waals surface area (Å²) in [5.74, 6) is -1.05. The van der Waals surface area contributed by atoms with E-state index < -0.39 is 5.97 Å². The van der Waals surface area contributed by atoms with E-state index in [0.29, 0.717) is 11.3 Å². The van der Waals surface area contributed by atoms with Crippen LogP contribution in [0.2, 0.25) is 0 Å². The number of rotatable bonds is 4. The third-order valence-corrected chi connectivity index (χ3v) is 1.50. The van der Waals surface area contributed by atoms with E-state index >= 15 is 0 Å². The first-order valence-corrected chi connectivity index (χ1v) is 4.28. The van der Waals surface area contributed by atoms with Gasteiger partial charge in [0, 0.05) is 12.6 Å². The van der Waals surface area contributed by atoms with E-state index in [4.69, 9.17) is 5.11 Å². The molecular weight excluding hydrogens is 182 g/mol. The van der Waals surface area contributed by atoms with E-state index in [1.165, 1.54) is 6.92 Å². The van der Waals surface area contributed by atoms with Gasteiger partial charge in [-0.2, -0.15) is 0 Å². The van der Waals surface area contributed by atoms with Crippen LogP contribution >= 0.6 is 0 Å². The van der Waals surface area contributed by atoms with Gasteiger partial charge in [0.15, 0.2) is 0 Å². The minimum absolute atomic E-state index is 0.0343. The second-order valence-electron chi connectivity index (χ2n) is 2.94. The number of carbonyl (C=O) groups is 2. The molecule has 4 nitrogen and oxygen atoms in total. The van der Waals surface area contributed by atoms with Gasteiger partial charge in [0.2, 0.25) is 5.91 Å². The van der Waals surface area contributed by atoms with E-state index in [9.17, 15) is 9.59 Å². The van der Waals surface area contributed by atoms with Crippen LogP contribution in [0.3, 0.4) is 0 Å². The largest absolute Gasteiger partial charge is 0.481 e. The Morgan fingerprint density at radius 3 is 2.29 bits per heavy atom. The van der Waals surface area contributed by atoms with E-state index in [-0.39, 0.29) is 12.3 Å². The lowest BCUT2D eigenvalue weighted by Gasteiger charge is -2.02. The minimum Gasteiger partial charge on any atom is -0.481 e. The molecule has 0 unspecified atom stereocenters. The number of nitrogens with one attached hydrogen (secondary N) is 1. The van der Waals surface area contributed by atoms with Gasteiger partial charge in [-0.15, -0.1) is 0 Å². The van der Waals surface area contributed by atoms with Gasteiger partial charge in [-0.25, -0.2) is 0 Å². The van der Waals surface area contributed by atoms with E-state index in [0.717, 1.165) is 0 Å². The number of aliphatic carboxylic acids is 1. The van der Waals surface area contributed by atoms with Crippen LogP contribution in [0.5, 0.6) is 0 Å². The molecule has 14 heavy (non-hydrogen) atoms. The van der Waals surface area contributed by atoms with Gasteiger partial charge < -0.3 is 10.4 Å². The molecule has 0 aromatic heterocycles. The highest BCUT2D eigenvalue weighted by molar-refractivity contribution is 5.75. The van der Waals surface area contributed by atoms with Gasteiger partial charge in [0.25, 0.3) is 0 Å². The summed E-state index contributed by atoms with van der Waals surface area (Å²) in [4.78, 5) is 21.1. The first-order valence-electron chi connectivity index (χ1n) is 4.28. The summed E-state index contributed by atoms with van der Waals surface area (Å²) < 4.78 is 0. The van der Waals surface area contributed by atoms with Crippen molar-refractivity contribution in [2.75, 3.05) is 0 Å². The number of carboxylic acid groups (broad SMARTS) is 1. The first kappa shape index (κ1) is 12.4. The summed E-state index contributed by atoms with van der Waals surface area (Å²) in [7, 11) is 0. The Hall–Kier alpha value is -1.58. The molecule has 78 valence electrons. The first-order chi connectivity index (χ1) is 6.45. The minimum atomic E-state index is -0.884. The Bertz CT molecular complexity index is 290. The lowest BCUT2D eigenvalue weighted by Crippen LogP contribution is -2.17. The van der Waals surface area contributed by atoms with Crippen molar-refractivity contribution in [3.05, 3.63) is 23.4 Å². The van der Waals surface area contributed by atoms with Crippen LogP contribution < -0.4 is 5.32 Å². The van der Waals surface area contributed by atoms with E-state index in [1.807, 2.05) is 0 Å². The molecule has 0 aromatic carbocycles. The Morgan fingerprint density at radius 2 is 1.93 bits per heavy atom. The van der Waals surface area contributed by atoms with Crippen molar-refractivity contribution < 1.29 is 14.7 Å². The molecule has 0 aliphatic carbocycles. The van der Waals surface area contributed by atoms with Crippen LogP contribution in [0.15, 0.2) is 23.4 Å². The zero-order valence-electron chi connectivity index (χ0n) is 8.63. The molecule has 0 aromatic rings. The van der Waals surface area contributed by atoms with Crippen LogP contribution in [0.4, 0.5) is 0 Å². The van der Waals surface area contributed by atoms with Crippen LogP contribution in [0, 0.1) is 0 Å². The molecule has 0 aliphatic rings. The number of carboxylic acids is 1. The number of hydrogen-bond acceptors (Lipinski definition) is 2. The second kappa shape index (κ2) is 5.96. The quantitative estimate of drug-likeness (QED) is 0.670. The van der Waals surface area contributed by atoms with Gasteiger partial charge in [-0.1, -0.05) is 6.08 Å². The Kier molecular flexibility index (Phi) is 5.29. The molecule has 0 spiro atoms. The summed E-state index contributed by atoms with van der Waals surface area (Å²) in [6.07, 6.45) is 3.32. The van der Waals surface area contributed by atoms with Crippen LogP contribution in [-0.4, -0.2) is 17.0 Å². The maximum atomic E-state index is 10.7. The molecule has 4 heteroatoms. The summed E-state index contributed by atoms with van der Waals surface area (Å²) in [6.45, 7) is 4.88. The van der Waals surface area contributed by atoms with Crippen molar-refractivity contribution in [2.24, 2.45) is 0 Å². The standard InChI is InChI=1S/C10H15NO3/c1-4-9(6-10(13)14)5-7(2)11-8(3)12/h4-5H,6H2,1-3H3,(H,11,12)(H,13,14). The van der Waals surface area contributed by atoms with Crippen molar-refractivity contribution in [2.45, 2.75) is 27.2 Å². The molecule has 0 radical (unpaired) electrons. The Morgan fingerprint density at radius 1 is 1.36 bits per heavy atom. The van der Waals surface area contributed by atoms with Crippen molar-refractivity contribution in [3.8, 4) is 0 Å². The smallest absolute Gasteiger partial charge is 0.307 e. The summed E-state index contributed by atoms with van der Waals surface area (Å²) in [6, 6.07) is 0. The van der Waals surface area contributed by atoms with Gasteiger partial charge >= 0.3 is 5.97 Å². The zero-order chi connectivity index (χ0) is 11.1. The van der Waals surface area contributed by atoms with E-state index in [1.54, 1.807) is 26.0 Å². The molecule has 0 bridgehead atoms. The summed E-state index contributed by atoms with van der Waals surface area (Å²) >= 11 is 0. The predicted molar refractivity (Wildman–Crippen MR) is 53.6 cm³/mol. The topological polar surface area (TPSA) is 66.4 Å². The number of hydrogen-bond donors (Lipinski definition) is 2. The normalized spacial score (nSPS) is 12.5. The van der Waals surface area contributed by atoms with Gasteiger partial charge in [0.05, 0.1) is 6.42 Å². The molecule has 0 fully saturated rings. The van der Waals surface area contributed by atoms with Gasteiger partial charge in [-0.3, -0.25) is 9.59 Å². The maximum Gasteiger partial charge on any atom is 0.307 e. The number of allylic oxidation sites excluding steroid dienone is 3. The van der Waals surface area contributed by atoms with Crippen LogP contribution in [0.1, 0.15) is 27.2 Å². The fourth-order valence-electron chi connectivity index (χ4n) is 1.00. The molecule has 2 N–H and O–H groups in total. The SMILES string of the molecule is CC=C(C=C(C)NC(C)=O)CC(=O)O. The van der Waals surface area contributed by atoms with Gasteiger partial charge in [0.1, 0.15) is 0 Å². The fraction of sp³-hybridized carbons (Fsp3) is 0.400. The maximum absolute atomic E-state index is 10.7. The highest BCUT2D eigenvalue weighted by Crippen LogP contribution is 2.05. The summed E-state index contributed by atoms with van der Waals surface area (Å²) in [5, 5.41) is 11.1. The molecule has 0 atom stereocenters. The van der Waals surface area contributed by atoms with Crippen molar-refractivity contribution in [3.63, 3.8) is 0 Å². The molecular formula is C10H15NO3. The van der Waals surface area contributed by atoms with E-state index in [2.05, 4.69) is 5.32 Å². The average Bonchev–Trinajstić information content (AvgIpc) is 2.00. The predicted octanol–water partition coefficient (Wildman–Crippen LogP) is 1.45. The highest BCUT2D eigenvalue weighted by Gasteiger charge is 2.01. The number of carbonyl (C=O) groups excluding carboxylic acids is 1. The molecule has 1 amide bonds. The fourth-order valence-corrected chi connectivity index (χ4v) is 1.00. The molecule has 0 saturated carbocycles. The van der Waals surface area contributed by atoms with Crippen molar-refractivity contribution in [1.82, 2.24) is 5.32 Å². The molecule has 0 saturated heterocycles. The third kappa shape index (κ3) is 5.99. The average molecular weight is 197 g/mol. The van der Waals surface area contributed by atoms with Crippen molar-refractivity contribution >= 4 is 11.9 Å². The van der Waals surface area contributed by atoms with Crippen molar-refractivity contribution in [1.29, 1.82) is 0 Å². The monoisotopic (exact) mass is 197 g/mol.